The summed E-state index contributed by atoms with van der Waals surface area (Å²) >= 11 is 1.53. The molecular weight excluding hydrogens is 353 g/mol. The van der Waals surface area contributed by atoms with E-state index in [1.54, 1.807) is 0 Å². The van der Waals surface area contributed by atoms with Crippen molar-refractivity contribution in [2.24, 2.45) is 0 Å². The Kier molecular flexibility index (Phi) is 4.26. The SMILES string of the molecule is O=C(O)Cc1c([N+](=O)[O-])ncc(I)c1C(F)F. The first-order valence-electron chi connectivity index (χ1n) is 4.16. The van der Waals surface area contributed by atoms with Crippen LogP contribution in [0.2, 0.25) is 0 Å². The number of carboxylic acids is 1. The average molecular weight is 358 g/mol. The van der Waals surface area contributed by atoms with Crippen LogP contribution in [0.5, 0.6) is 0 Å². The second-order valence-corrected chi connectivity index (χ2v) is 4.11. The van der Waals surface area contributed by atoms with Gasteiger partial charge in [-0.1, -0.05) is 0 Å². The van der Waals surface area contributed by atoms with Crippen molar-refractivity contribution >= 4 is 34.4 Å². The number of hydrogen-bond donors (Lipinski definition) is 1. The van der Waals surface area contributed by atoms with Gasteiger partial charge in [0.05, 0.1) is 15.6 Å². The van der Waals surface area contributed by atoms with Crippen LogP contribution in [0.3, 0.4) is 0 Å². The highest BCUT2D eigenvalue weighted by molar-refractivity contribution is 14.1. The summed E-state index contributed by atoms with van der Waals surface area (Å²) in [6.45, 7) is 0. The minimum absolute atomic E-state index is 0.000509. The monoisotopic (exact) mass is 358 g/mol. The van der Waals surface area contributed by atoms with Gasteiger partial charge < -0.3 is 15.2 Å². The van der Waals surface area contributed by atoms with Gasteiger partial charge in [-0.15, -0.1) is 0 Å². The second kappa shape index (κ2) is 5.29. The molecule has 0 atom stereocenters. The van der Waals surface area contributed by atoms with Gasteiger partial charge in [0, 0.05) is 5.56 Å². The Hall–Kier alpha value is -1.39. The van der Waals surface area contributed by atoms with E-state index in [1.165, 1.54) is 22.6 Å². The molecule has 6 nitrogen and oxygen atoms in total. The van der Waals surface area contributed by atoms with E-state index in [0.29, 0.717) is 0 Å². The molecule has 1 heterocycles. The van der Waals surface area contributed by atoms with E-state index in [1.807, 2.05) is 0 Å². The Morgan fingerprint density at radius 2 is 2.24 bits per heavy atom. The quantitative estimate of drug-likeness (QED) is 0.506. The number of alkyl halides is 2. The zero-order valence-electron chi connectivity index (χ0n) is 8.06. The fraction of sp³-hybridized carbons (Fsp3) is 0.250. The summed E-state index contributed by atoms with van der Waals surface area (Å²) in [6, 6.07) is 0. The molecule has 0 fully saturated rings. The minimum atomic E-state index is -2.99. The van der Waals surface area contributed by atoms with Gasteiger partial charge in [-0.2, -0.15) is 0 Å². The maximum atomic E-state index is 12.7. The highest BCUT2D eigenvalue weighted by atomic mass is 127. The lowest BCUT2D eigenvalue weighted by Crippen LogP contribution is -2.10. The van der Waals surface area contributed by atoms with Crippen LogP contribution in [0.1, 0.15) is 17.6 Å². The molecule has 0 saturated heterocycles. The molecule has 0 aliphatic rings. The molecule has 0 bridgehead atoms. The van der Waals surface area contributed by atoms with Crippen LogP contribution in [0.25, 0.3) is 0 Å². The summed E-state index contributed by atoms with van der Waals surface area (Å²) in [6.07, 6.45) is -2.93. The van der Waals surface area contributed by atoms with E-state index in [0.717, 1.165) is 6.20 Å². The third-order valence-electron chi connectivity index (χ3n) is 1.87. The highest BCUT2D eigenvalue weighted by Crippen LogP contribution is 2.32. The number of nitrogens with zero attached hydrogens (tertiary/aromatic N) is 2. The molecule has 0 aliphatic heterocycles. The van der Waals surface area contributed by atoms with Crippen LogP contribution in [0.4, 0.5) is 14.6 Å². The Morgan fingerprint density at radius 3 is 2.65 bits per heavy atom. The smallest absolute Gasteiger partial charge is 0.367 e. The fourth-order valence-electron chi connectivity index (χ4n) is 1.25. The van der Waals surface area contributed by atoms with Crippen molar-refractivity contribution in [2.45, 2.75) is 12.8 Å². The summed E-state index contributed by atoms with van der Waals surface area (Å²) < 4.78 is 25.5. The maximum absolute atomic E-state index is 12.7. The molecule has 0 aromatic carbocycles. The van der Waals surface area contributed by atoms with Gasteiger partial charge >= 0.3 is 11.8 Å². The van der Waals surface area contributed by atoms with E-state index in [9.17, 15) is 23.7 Å². The Morgan fingerprint density at radius 1 is 1.65 bits per heavy atom. The zero-order valence-corrected chi connectivity index (χ0v) is 10.2. The van der Waals surface area contributed by atoms with Gasteiger partial charge in [0.1, 0.15) is 0 Å². The Bertz CT molecular complexity index is 481. The van der Waals surface area contributed by atoms with E-state index >= 15 is 0 Å². The third kappa shape index (κ3) is 3.05. The van der Waals surface area contributed by atoms with E-state index in [-0.39, 0.29) is 3.57 Å². The summed E-state index contributed by atoms with van der Waals surface area (Å²) in [7, 11) is 0. The first kappa shape index (κ1) is 13.7. The summed E-state index contributed by atoms with van der Waals surface area (Å²) in [5.41, 5.74) is -1.20. The van der Waals surface area contributed by atoms with Gasteiger partial charge in [-0.3, -0.25) is 4.79 Å². The lowest BCUT2D eigenvalue weighted by molar-refractivity contribution is -0.390. The second-order valence-electron chi connectivity index (χ2n) is 2.95. The van der Waals surface area contributed by atoms with Crippen LogP contribution in [0.15, 0.2) is 6.20 Å². The Labute approximate surface area is 107 Å². The predicted molar refractivity (Wildman–Crippen MR) is 59.9 cm³/mol. The molecule has 0 amide bonds. The van der Waals surface area contributed by atoms with Crippen molar-refractivity contribution in [2.75, 3.05) is 0 Å². The lowest BCUT2D eigenvalue weighted by atomic mass is 10.1. The van der Waals surface area contributed by atoms with Gasteiger partial charge in [0.15, 0.2) is 6.20 Å². The summed E-state index contributed by atoms with van der Waals surface area (Å²) in [5.74, 6) is -2.28. The van der Waals surface area contributed by atoms with E-state index in [4.69, 9.17) is 5.11 Å². The molecular formula is C8H5F2IN2O4. The van der Waals surface area contributed by atoms with Crippen LogP contribution in [0, 0.1) is 13.7 Å². The van der Waals surface area contributed by atoms with Crippen molar-refractivity contribution in [1.82, 2.24) is 4.98 Å². The highest BCUT2D eigenvalue weighted by Gasteiger charge is 2.28. The fourth-order valence-corrected chi connectivity index (χ4v) is 1.95. The lowest BCUT2D eigenvalue weighted by Gasteiger charge is -2.08. The van der Waals surface area contributed by atoms with Crippen molar-refractivity contribution in [3.05, 3.63) is 31.0 Å². The molecule has 1 rings (SSSR count). The van der Waals surface area contributed by atoms with Crippen LogP contribution >= 0.6 is 22.6 Å². The largest absolute Gasteiger partial charge is 0.481 e. The van der Waals surface area contributed by atoms with E-state index < -0.39 is 40.7 Å². The molecule has 92 valence electrons. The average Bonchev–Trinajstić information content (AvgIpc) is 2.15. The van der Waals surface area contributed by atoms with Crippen molar-refractivity contribution in [3.8, 4) is 0 Å². The maximum Gasteiger partial charge on any atom is 0.367 e. The minimum Gasteiger partial charge on any atom is -0.481 e. The van der Waals surface area contributed by atoms with Crippen LogP contribution in [-0.4, -0.2) is 21.0 Å². The zero-order chi connectivity index (χ0) is 13.2. The number of aromatic nitrogens is 1. The van der Waals surface area contributed by atoms with Gasteiger partial charge in [-0.05, 0) is 32.5 Å². The molecule has 0 unspecified atom stereocenters. The number of nitro groups is 1. The summed E-state index contributed by atoms with van der Waals surface area (Å²) in [4.78, 5) is 23.5. The number of aliphatic carboxylic acids is 1. The first-order valence-corrected chi connectivity index (χ1v) is 5.24. The van der Waals surface area contributed by atoms with Gasteiger partial charge in [0.2, 0.25) is 0 Å². The van der Waals surface area contributed by atoms with E-state index in [2.05, 4.69) is 4.98 Å². The first-order chi connectivity index (χ1) is 7.84. The van der Waals surface area contributed by atoms with Crippen LogP contribution in [-0.2, 0) is 11.2 Å². The van der Waals surface area contributed by atoms with Crippen molar-refractivity contribution in [1.29, 1.82) is 0 Å². The van der Waals surface area contributed by atoms with Crippen molar-refractivity contribution in [3.63, 3.8) is 0 Å². The van der Waals surface area contributed by atoms with Crippen LogP contribution < -0.4 is 0 Å². The normalized spacial score (nSPS) is 10.6. The molecule has 0 spiro atoms. The summed E-state index contributed by atoms with van der Waals surface area (Å²) in [5, 5.41) is 19.2. The predicted octanol–water partition coefficient (Wildman–Crippen LogP) is 2.16. The molecule has 1 aromatic heterocycles. The Balaban J connectivity index is 3.49. The molecule has 0 aliphatic carbocycles. The van der Waals surface area contributed by atoms with Crippen molar-refractivity contribution < 1.29 is 23.6 Å². The number of rotatable bonds is 4. The number of pyridine rings is 1. The third-order valence-corrected chi connectivity index (χ3v) is 2.73. The molecule has 9 heteroatoms. The number of halogens is 3. The number of hydrogen-bond acceptors (Lipinski definition) is 4. The molecule has 1 aromatic rings. The molecule has 0 radical (unpaired) electrons. The standard InChI is InChI=1S/C8H5F2IN2O4/c9-7(10)6-3(1-5(14)15)8(13(16)17)12-2-4(6)11/h2,7H,1H2,(H,14,15). The van der Waals surface area contributed by atoms with Gasteiger partial charge in [-0.25, -0.2) is 8.78 Å². The number of carbonyl (C=O) groups is 1. The molecule has 17 heavy (non-hydrogen) atoms. The topological polar surface area (TPSA) is 93.3 Å². The number of carboxylic acid groups (broad SMARTS) is 1. The van der Waals surface area contributed by atoms with Gasteiger partial charge in [0.25, 0.3) is 6.43 Å². The molecule has 0 saturated carbocycles. The molecule has 1 N–H and O–H groups in total.